The number of nitrogens with one attached hydrogen (secondary N) is 2. The number of ether oxygens (including phenoxy) is 1. The Balaban J connectivity index is 1.89. The molecule has 0 radical (unpaired) electrons. The maximum Gasteiger partial charge on any atom is 0.417 e. The molecule has 0 amide bonds. The van der Waals surface area contributed by atoms with Gasteiger partial charge in [-0.3, -0.25) is 0 Å². The molecule has 0 unspecified atom stereocenters. The van der Waals surface area contributed by atoms with Gasteiger partial charge in [0, 0.05) is 6.20 Å². The summed E-state index contributed by atoms with van der Waals surface area (Å²) in [6.07, 6.45) is -2.64. The van der Waals surface area contributed by atoms with Gasteiger partial charge in [-0.15, -0.1) is 0 Å². The van der Waals surface area contributed by atoms with E-state index < -0.39 is 11.7 Å². The Morgan fingerprint density at radius 2 is 1.72 bits per heavy atom. The molecule has 0 aliphatic carbocycles. The van der Waals surface area contributed by atoms with Gasteiger partial charge in [-0.1, -0.05) is 17.7 Å². The summed E-state index contributed by atoms with van der Waals surface area (Å²) in [5, 5.41) is 5.56. The molecule has 0 saturated carbocycles. The van der Waals surface area contributed by atoms with Crippen molar-refractivity contribution >= 4 is 40.4 Å². The number of pyridine rings is 1. The molecule has 0 bridgehead atoms. The molecule has 3 rings (SSSR count). The minimum absolute atomic E-state index is 0.0239. The average molecular weight is 425 g/mol. The summed E-state index contributed by atoms with van der Waals surface area (Å²) in [5.41, 5.74) is 6.89. The number of aromatic nitrogens is 3. The van der Waals surface area contributed by atoms with Crippen molar-refractivity contribution in [1.82, 2.24) is 15.0 Å². The van der Waals surface area contributed by atoms with E-state index in [2.05, 4.69) is 25.6 Å². The molecule has 0 aliphatic rings. The van der Waals surface area contributed by atoms with Crippen molar-refractivity contribution < 1.29 is 17.9 Å². The van der Waals surface area contributed by atoms with Crippen molar-refractivity contribution in [3.8, 4) is 5.75 Å². The molecule has 2 aromatic heterocycles. The Bertz CT molecular complexity index is 1040. The van der Waals surface area contributed by atoms with Gasteiger partial charge in [0.05, 0.1) is 23.4 Å². The fourth-order valence-corrected chi connectivity index (χ4v) is 2.65. The molecule has 11 heteroatoms. The van der Waals surface area contributed by atoms with Gasteiger partial charge in [0.1, 0.15) is 23.6 Å². The first-order valence-corrected chi connectivity index (χ1v) is 8.58. The maximum atomic E-state index is 12.8. The normalized spacial score (nSPS) is 11.2. The summed E-state index contributed by atoms with van der Waals surface area (Å²) in [5.74, 6) is 0.956. The summed E-state index contributed by atoms with van der Waals surface area (Å²) >= 11 is 5.92. The molecule has 0 spiro atoms. The molecule has 4 N–H and O–H groups in total. The van der Waals surface area contributed by atoms with Gasteiger partial charge in [-0.25, -0.2) is 15.0 Å². The van der Waals surface area contributed by atoms with Crippen LogP contribution in [0.5, 0.6) is 5.75 Å². The number of nitrogens with two attached hydrogens (primary N) is 1. The number of nitrogens with zero attached hydrogens (tertiary/aromatic N) is 3. The standard InChI is InChI=1S/C18H16ClF3N6O/c1-9-3-4-13(29-2)12(5-9)27-16-14(23)17(26-8-25-16)28-15-11(19)6-10(7-24-15)18(20,21)22/h3-8H,23H2,1-2H3,(H2,24,25,26,27,28). The summed E-state index contributed by atoms with van der Waals surface area (Å²) in [4.78, 5) is 11.8. The van der Waals surface area contributed by atoms with E-state index in [1.165, 1.54) is 13.4 Å². The molecule has 3 aromatic rings. The predicted octanol–water partition coefficient (Wildman–Crippen LogP) is 4.93. The molecule has 152 valence electrons. The Morgan fingerprint density at radius 3 is 2.34 bits per heavy atom. The van der Waals surface area contributed by atoms with Gasteiger partial charge >= 0.3 is 6.18 Å². The Labute approximate surface area is 169 Å². The average Bonchev–Trinajstić information content (AvgIpc) is 2.66. The van der Waals surface area contributed by atoms with E-state index in [1.807, 2.05) is 19.1 Å². The van der Waals surface area contributed by atoms with Crippen molar-refractivity contribution in [3.63, 3.8) is 0 Å². The van der Waals surface area contributed by atoms with Crippen molar-refractivity contribution in [2.45, 2.75) is 13.1 Å². The van der Waals surface area contributed by atoms with Gasteiger partial charge in [0.25, 0.3) is 0 Å². The summed E-state index contributed by atoms with van der Waals surface area (Å²) in [6, 6.07) is 6.30. The lowest BCUT2D eigenvalue weighted by Crippen LogP contribution is -2.09. The van der Waals surface area contributed by atoms with Crippen LogP contribution in [-0.2, 0) is 6.18 Å². The lowest BCUT2D eigenvalue weighted by Gasteiger charge is -2.15. The van der Waals surface area contributed by atoms with E-state index in [4.69, 9.17) is 22.1 Å². The minimum Gasteiger partial charge on any atom is -0.495 e. The smallest absolute Gasteiger partial charge is 0.417 e. The topological polar surface area (TPSA) is 98.0 Å². The molecule has 2 heterocycles. The molecule has 7 nitrogen and oxygen atoms in total. The second-order valence-electron chi connectivity index (χ2n) is 5.99. The lowest BCUT2D eigenvalue weighted by atomic mass is 10.2. The largest absolute Gasteiger partial charge is 0.495 e. The van der Waals surface area contributed by atoms with Crippen LogP contribution in [0.1, 0.15) is 11.1 Å². The number of hydrogen-bond donors (Lipinski definition) is 3. The molecular weight excluding hydrogens is 409 g/mol. The summed E-state index contributed by atoms with van der Waals surface area (Å²) < 4.78 is 43.6. The first kappa shape index (κ1) is 20.5. The lowest BCUT2D eigenvalue weighted by molar-refractivity contribution is -0.137. The van der Waals surface area contributed by atoms with E-state index in [0.717, 1.165) is 11.6 Å². The minimum atomic E-state index is -4.55. The van der Waals surface area contributed by atoms with Gasteiger partial charge in [0.15, 0.2) is 11.6 Å². The molecular formula is C18H16ClF3N6O. The second-order valence-corrected chi connectivity index (χ2v) is 6.40. The monoisotopic (exact) mass is 424 g/mol. The van der Waals surface area contributed by atoms with Crippen LogP contribution in [0.4, 0.5) is 42.0 Å². The third-order valence-electron chi connectivity index (χ3n) is 3.90. The Kier molecular flexibility index (Phi) is 5.64. The van der Waals surface area contributed by atoms with E-state index in [0.29, 0.717) is 17.6 Å². The van der Waals surface area contributed by atoms with Crippen LogP contribution >= 0.6 is 11.6 Å². The number of anilines is 5. The number of rotatable bonds is 5. The zero-order chi connectivity index (χ0) is 21.2. The summed E-state index contributed by atoms with van der Waals surface area (Å²) in [6.45, 7) is 1.92. The number of nitrogen functional groups attached to an aromatic ring is 1. The zero-order valence-electron chi connectivity index (χ0n) is 15.3. The first-order chi connectivity index (χ1) is 13.7. The highest BCUT2D eigenvalue weighted by atomic mass is 35.5. The molecule has 0 aliphatic heterocycles. The Hall–Kier alpha value is -3.27. The number of methoxy groups -OCH3 is 1. The van der Waals surface area contributed by atoms with Crippen LogP contribution in [0.15, 0.2) is 36.8 Å². The molecule has 29 heavy (non-hydrogen) atoms. The van der Waals surface area contributed by atoms with Gasteiger partial charge in [-0.05, 0) is 30.7 Å². The van der Waals surface area contributed by atoms with Gasteiger partial charge < -0.3 is 21.1 Å². The molecule has 0 atom stereocenters. The number of hydrogen-bond acceptors (Lipinski definition) is 7. The van der Waals surface area contributed by atoms with Crippen LogP contribution in [0.3, 0.4) is 0 Å². The number of aryl methyl sites for hydroxylation is 1. The van der Waals surface area contributed by atoms with Crippen molar-refractivity contribution in [3.05, 3.63) is 52.9 Å². The van der Waals surface area contributed by atoms with Crippen LogP contribution in [-0.4, -0.2) is 22.1 Å². The fourth-order valence-electron chi connectivity index (χ4n) is 2.44. The second kappa shape index (κ2) is 8.00. The van der Waals surface area contributed by atoms with Gasteiger partial charge in [-0.2, -0.15) is 13.2 Å². The first-order valence-electron chi connectivity index (χ1n) is 8.21. The van der Waals surface area contributed by atoms with Crippen LogP contribution in [0.25, 0.3) is 0 Å². The van der Waals surface area contributed by atoms with Crippen molar-refractivity contribution in [2.75, 3.05) is 23.5 Å². The third-order valence-corrected chi connectivity index (χ3v) is 4.19. The molecule has 0 saturated heterocycles. The van der Waals surface area contributed by atoms with Crippen LogP contribution in [0.2, 0.25) is 5.02 Å². The van der Waals surface area contributed by atoms with Crippen molar-refractivity contribution in [1.29, 1.82) is 0 Å². The highest BCUT2D eigenvalue weighted by molar-refractivity contribution is 6.33. The SMILES string of the molecule is COc1ccc(C)cc1Nc1ncnc(Nc2ncc(C(F)(F)F)cc2Cl)c1N. The third kappa shape index (κ3) is 4.60. The molecule has 1 aromatic carbocycles. The summed E-state index contributed by atoms with van der Waals surface area (Å²) in [7, 11) is 1.53. The highest BCUT2D eigenvalue weighted by Gasteiger charge is 2.31. The highest BCUT2D eigenvalue weighted by Crippen LogP contribution is 2.35. The van der Waals surface area contributed by atoms with Crippen LogP contribution in [0, 0.1) is 6.92 Å². The van der Waals surface area contributed by atoms with E-state index in [-0.39, 0.29) is 28.2 Å². The number of alkyl halides is 3. The van der Waals surface area contributed by atoms with Crippen molar-refractivity contribution in [2.24, 2.45) is 0 Å². The van der Waals surface area contributed by atoms with E-state index in [9.17, 15) is 13.2 Å². The number of benzene rings is 1. The zero-order valence-corrected chi connectivity index (χ0v) is 16.1. The maximum absolute atomic E-state index is 12.8. The van der Waals surface area contributed by atoms with E-state index in [1.54, 1.807) is 6.07 Å². The Morgan fingerprint density at radius 1 is 1.03 bits per heavy atom. The van der Waals surface area contributed by atoms with Crippen LogP contribution < -0.4 is 21.1 Å². The predicted molar refractivity (Wildman–Crippen MR) is 105 cm³/mol. The van der Waals surface area contributed by atoms with Gasteiger partial charge in [0.2, 0.25) is 0 Å². The number of halogens is 4. The molecule has 0 fully saturated rings. The van der Waals surface area contributed by atoms with E-state index >= 15 is 0 Å². The quantitative estimate of drug-likeness (QED) is 0.534. The fraction of sp³-hybridized carbons (Fsp3) is 0.167.